The normalized spacial score (nSPS) is 26.0. The molecule has 2 atom stereocenters. The van der Waals surface area contributed by atoms with Crippen molar-refractivity contribution in [1.29, 1.82) is 0 Å². The largest absolute Gasteiger partial charge is 0.340 e. The number of aromatic nitrogens is 1. The summed E-state index contributed by atoms with van der Waals surface area (Å²) in [5.74, 6) is 0.793. The number of amides is 1. The average molecular weight is 332 g/mol. The van der Waals surface area contributed by atoms with Crippen molar-refractivity contribution in [3.8, 4) is 0 Å². The number of hydrogen-bond donors (Lipinski definition) is 0. The standard InChI is InChI=1S/C18H28N4O2/c1-14-11-20(12-16-4-5-19(3)18(24)10-16)13-17(14)22-8-6-21(7-9-22)15(2)23/h4-5,10,14,17H,6-9,11-13H2,1-3H3/t14-,17-/m0/s1. The predicted molar refractivity (Wildman–Crippen MR) is 93.7 cm³/mol. The summed E-state index contributed by atoms with van der Waals surface area (Å²) in [7, 11) is 1.78. The molecule has 0 bridgehead atoms. The van der Waals surface area contributed by atoms with Crippen molar-refractivity contribution in [2.24, 2.45) is 13.0 Å². The lowest BCUT2D eigenvalue weighted by molar-refractivity contribution is -0.130. The summed E-state index contributed by atoms with van der Waals surface area (Å²) in [6.07, 6.45) is 1.84. The van der Waals surface area contributed by atoms with Crippen LogP contribution in [0.5, 0.6) is 0 Å². The van der Waals surface area contributed by atoms with E-state index < -0.39 is 0 Å². The molecule has 2 aliphatic heterocycles. The van der Waals surface area contributed by atoms with Crippen LogP contribution in [0.2, 0.25) is 0 Å². The molecule has 0 saturated carbocycles. The molecule has 3 heterocycles. The summed E-state index contributed by atoms with van der Waals surface area (Å²) in [6.45, 7) is 10.5. The van der Waals surface area contributed by atoms with E-state index in [0.29, 0.717) is 12.0 Å². The minimum Gasteiger partial charge on any atom is -0.340 e. The molecule has 6 nitrogen and oxygen atoms in total. The predicted octanol–water partition coefficient (Wildman–Crippen LogP) is 0.370. The third-order valence-corrected chi connectivity index (χ3v) is 5.45. The van der Waals surface area contributed by atoms with Gasteiger partial charge in [-0.15, -0.1) is 0 Å². The SMILES string of the molecule is CC(=O)N1CCN([C@H]2CN(Cc3ccn(C)c(=O)c3)C[C@@H]2C)CC1. The number of nitrogens with zero attached hydrogens (tertiary/aromatic N) is 4. The Balaban J connectivity index is 1.57. The van der Waals surface area contributed by atoms with Crippen LogP contribution in [-0.2, 0) is 18.4 Å². The quantitative estimate of drug-likeness (QED) is 0.802. The van der Waals surface area contributed by atoms with Crippen molar-refractivity contribution in [2.45, 2.75) is 26.4 Å². The second-order valence-electron chi connectivity index (χ2n) is 7.26. The van der Waals surface area contributed by atoms with Crippen molar-refractivity contribution >= 4 is 5.91 Å². The summed E-state index contributed by atoms with van der Waals surface area (Å²) in [6, 6.07) is 4.32. The van der Waals surface area contributed by atoms with E-state index in [2.05, 4.69) is 16.7 Å². The third-order valence-electron chi connectivity index (χ3n) is 5.45. The molecule has 3 rings (SSSR count). The third kappa shape index (κ3) is 3.70. The van der Waals surface area contributed by atoms with E-state index in [0.717, 1.165) is 51.4 Å². The van der Waals surface area contributed by atoms with Gasteiger partial charge in [0.05, 0.1) is 0 Å². The number of likely N-dealkylation sites (tertiary alicyclic amines) is 1. The van der Waals surface area contributed by atoms with Gasteiger partial charge >= 0.3 is 0 Å². The van der Waals surface area contributed by atoms with Gasteiger partial charge in [0.2, 0.25) is 5.91 Å². The van der Waals surface area contributed by atoms with E-state index >= 15 is 0 Å². The second kappa shape index (κ2) is 7.07. The van der Waals surface area contributed by atoms with Gasteiger partial charge in [-0.2, -0.15) is 0 Å². The molecular formula is C18H28N4O2. The number of aryl methyl sites for hydroxylation is 1. The molecule has 1 aromatic heterocycles. The first-order chi connectivity index (χ1) is 11.4. The summed E-state index contributed by atoms with van der Waals surface area (Å²) in [4.78, 5) is 30.2. The van der Waals surface area contributed by atoms with Crippen LogP contribution in [0.1, 0.15) is 19.4 Å². The summed E-state index contributed by atoms with van der Waals surface area (Å²) in [5.41, 5.74) is 1.14. The molecule has 2 fully saturated rings. The fourth-order valence-corrected chi connectivity index (χ4v) is 3.97. The molecule has 2 aliphatic rings. The lowest BCUT2D eigenvalue weighted by Gasteiger charge is -2.39. The minimum atomic E-state index is 0.0525. The lowest BCUT2D eigenvalue weighted by Crippen LogP contribution is -2.53. The molecule has 6 heteroatoms. The van der Waals surface area contributed by atoms with Gasteiger partial charge in [0.1, 0.15) is 0 Å². The van der Waals surface area contributed by atoms with Crippen LogP contribution < -0.4 is 5.56 Å². The van der Waals surface area contributed by atoms with Crippen LogP contribution in [0.3, 0.4) is 0 Å². The van der Waals surface area contributed by atoms with E-state index in [9.17, 15) is 9.59 Å². The highest BCUT2D eigenvalue weighted by Gasteiger charge is 2.35. The van der Waals surface area contributed by atoms with Gasteiger partial charge in [-0.25, -0.2) is 0 Å². The molecule has 0 N–H and O–H groups in total. The highest BCUT2D eigenvalue weighted by Crippen LogP contribution is 2.24. The van der Waals surface area contributed by atoms with Gasteiger partial charge in [-0.3, -0.25) is 19.4 Å². The van der Waals surface area contributed by atoms with Gasteiger partial charge in [0, 0.05) is 78.1 Å². The number of pyridine rings is 1. The van der Waals surface area contributed by atoms with Crippen LogP contribution >= 0.6 is 0 Å². The van der Waals surface area contributed by atoms with Crippen molar-refractivity contribution in [3.05, 3.63) is 34.2 Å². The molecule has 0 aromatic carbocycles. The van der Waals surface area contributed by atoms with E-state index in [1.807, 2.05) is 17.2 Å². The zero-order valence-electron chi connectivity index (χ0n) is 14.9. The molecular weight excluding hydrogens is 304 g/mol. The van der Waals surface area contributed by atoms with Crippen molar-refractivity contribution in [2.75, 3.05) is 39.3 Å². The Morgan fingerprint density at radius 3 is 2.54 bits per heavy atom. The van der Waals surface area contributed by atoms with Gasteiger partial charge in [-0.1, -0.05) is 6.92 Å². The summed E-state index contributed by atoms with van der Waals surface area (Å²) < 4.78 is 1.60. The van der Waals surface area contributed by atoms with E-state index in [1.54, 1.807) is 24.6 Å². The highest BCUT2D eigenvalue weighted by molar-refractivity contribution is 5.73. The van der Waals surface area contributed by atoms with Crippen LogP contribution in [-0.4, -0.2) is 70.5 Å². The number of carbonyl (C=O) groups is 1. The van der Waals surface area contributed by atoms with Crippen LogP contribution in [0.4, 0.5) is 0 Å². The zero-order chi connectivity index (χ0) is 17.3. The van der Waals surface area contributed by atoms with Crippen LogP contribution in [0, 0.1) is 5.92 Å². The van der Waals surface area contributed by atoms with Crippen molar-refractivity contribution in [3.63, 3.8) is 0 Å². The topological polar surface area (TPSA) is 48.8 Å². The monoisotopic (exact) mass is 332 g/mol. The van der Waals surface area contributed by atoms with Crippen molar-refractivity contribution in [1.82, 2.24) is 19.3 Å². The van der Waals surface area contributed by atoms with Gasteiger partial charge < -0.3 is 9.47 Å². The summed E-state index contributed by atoms with van der Waals surface area (Å²) in [5, 5.41) is 0. The fourth-order valence-electron chi connectivity index (χ4n) is 3.97. The average Bonchev–Trinajstić information content (AvgIpc) is 2.91. The molecule has 2 saturated heterocycles. The van der Waals surface area contributed by atoms with E-state index in [4.69, 9.17) is 0 Å². The number of hydrogen-bond acceptors (Lipinski definition) is 4. The Morgan fingerprint density at radius 2 is 1.92 bits per heavy atom. The first-order valence-electron chi connectivity index (χ1n) is 8.81. The molecule has 1 aromatic rings. The Hall–Kier alpha value is -1.66. The maximum atomic E-state index is 11.8. The molecule has 0 unspecified atom stereocenters. The molecule has 24 heavy (non-hydrogen) atoms. The number of carbonyl (C=O) groups excluding carboxylic acids is 1. The number of piperazine rings is 1. The minimum absolute atomic E-state index is 0.0525. The first kappa shape index (κ1) is 17.2. The molecule has 1 amide bonds. The maximum absolute atomic E-state index is 11.8. The van der Waals surface area contributed by atoms with Crippen molar-refractivity contribution < 1.29 is 4.79 Å². The Labute approximate surface area is 143 Å². The summed E-state index contributed by atoms with van der Waals surface area (Å²) >= 11 is 0. The number of rotatable bonds is 3. The zero-order valence-corrected chi connectivity index (χ0v) is 14.9. The fraction of sp³-hybridized carbons (Fsp3) is 0.667. The van der Waals surface area contributed by atoms with Crippen LogP contribution in [0.25, 0.3) is 0 Å². The molecule has 132 valence electrons. The maximum Gasteiger partial charge on any atom is 0.250 e. The molecule has 0 spiro atoms. The first-order valence-corrected chi connectivity index (χ1v) is 8.81. The smallest absolute Gasteiger partial charge is 0.250 e. The van der Waals surface area contributed by atoms with Gasteiger partial charge in [0.15, 0.2) is 0 Å². The van der Waals surface area contributed by atoms with E-state index in [1.165, 1.54) is 0 Å². The van der Waals surface area contributed by atoms with Gasteiger partial charge in [0.25, 0.3) is 5.56 Å². The second-order valence-corrected chi connectivity index (χ2v) is 7.26. The van der Waals surface area contributed by atoms with Gasteiger partial charge in [-0.05, 0) is 17.5 Å². The molecule has 0 aliphatic carbocycles. The van der Waals surface area contributed by atoms with E-state index in [-0.39, 0.29) is 11.5 Å². The van der Waals surface area contributed by atoms with Crippen LogP contribution in [0.15, 0.2) is 23.1 Å². The Bertz CT molecular complexity index is 649. The molecule has 0 radical (unpaired) electrons. The lowest BCUT2D eigenvalue weighted by atomic mass is 10.0. The Morgan fingerprint density at radius 1 is 1.21 bits per heavy atom. The highest BCUT2D eigenvalue weighted by atomic mass is 16.2. The Kier molecular flexibility index (Phi) is 5.06.